The zero-order valence-corrected chi connectivity index (χ0v) is 13.4. The van der Waals surface area contributed by atoms with Crippen molar-refractivity contribution in [3.63, 3.8) is 0 Å². The molecule has 21 heavy (non-hydrogen) atoms. The summed E-state index contributed by atoms with van der Waals surface area (Å²) in [6.45, 7) is 11.0. The lowest BCUT2D eigenvalue weighted by Gasteiger charge is -2.27. The summed E-state index contributed by atoms with van der Waals surface area (Å²) in [4.78, 5) is 12.0. The minimum Gasteiger partial charge on any atom is -0.481 e. The van der Waals surface area contributed by atoms with Crippen molar-refractivity contribution < 1.29 is 9.53 Å². The first-order valence-corrected chi connectivity index (χ1v) is 7.62. The minimum atomic E-state index is -0.474. The van der Waals surface area contributed by atoms with E-state index in [1.165, 1.54) is 5.56 Å². The van der Waals surface area contributed by atoms with E-state index in [4.69, 9.17) is 4.74 Å². The fraction of sp³-hybridized carbons (Fsp3) is 0.588. The molecule has 0 aromatic heterocycles. The van der Waals surface area contributed by atoms with Gasteiger partial charge in [0, 0.05) is 25.6 Å². The summed E-state index contributed by atoms with van der Waals surface area (Å²) >= 11 is 0. The van der Waals surface area contributed by atoms with E-state index in [0.29, 0.717) is 5.92 Å². The Morgan fingerprint density at radius 1 is 1.33 bits per heavy atom. The quantitative estimate of drug-likeness (QED) is 0.873. The van der Waals surface area contributed by atoms with Crippen molar-refractivity contribution in [1.82, 2.24) is 10.6 Å². The average Bonchev–Trinajstić information content (AvgIpc) is 2.36. The Kier molecular flexibility index (Phi) is 4.88. The Morgan fingerprint density at radius 2 is 1.95 bits per heavy atom. The van der Waals surface area contributed by atoms with Gasteiger partial charge in [0.1, 0.15) is 5.75 Å². The van der Waals surface area contributed by atoms with Gasteiger partial charge in [-0.15, -0.1) is 0 Å². The maximum Gasteiger partial charge on any atom is 0.260 e. The predicted octanol–water partition coefficient (Wildman–Crippen LogP) is 2.09. The lowest BCUT2D eigenvalue weighted by atomic mass is 9.87. The van der Waals surface area contributed by atoms with Crippen LogP contribution in [0.3, 0.4) is 0 Å². The third-order valence-corrected chi connectivity index (χ3v) is 3.83. The average molecular weight is 290 g/mol. The molecule has 1 fully saturated rings. The van der Waals surface area contributed by atoms with Crippen LogP contribution >= 0.6 is 0 Å². The summed E-state index contributed by atoms with van der Waals surface area (Å²) in [6, 6.07) is 7.97. The molecule has 0 bridgehead atoms. The van der Waals surface area contributed by atoms with Gasteiger partial charge in [-0.2, -0.15) is 0 Å². The molecule has 1 unspecified atom stereocenters. The van der Waals surface area contributed by atoms with E-state index < -0.39 is 6.10 Å². The summed E-state index contributed by atoms with van der Waals surface area (Å²) in [6.07, 6.45) is -0.474. The molecule has 0 spiro atoms. The first-order chi connectivity index (χ1) is 9.86. The number of hydrogen-bond acceptors (Lipinski definition) is 3. The summed E-state index contributed by atoms with van der Waals surface area (Å²) in [5, 5.41) is 6.13. The number of carbonyl (C=O) groups is 1. The largest absolute Gasteiger partial charge is 0.481 e. The normalized spacial score (nSPS) is 17.0. The number of hydrogen-bond donors (Lipinski definition) is 2. The Balaban J connectivity index is 1.83. The lowest BCUT2D eigenvalue weighted by Crippen LogP contribution is -2.49. The van der Waals surface area contributed by atoms with Gasteiger partial charge in [0.25, 0.3) is 5.91 Å². The van der Waals surface area contributed by atoms with Crippen LogP contribution < -0.4 is 15.4 Å². The molecule has 1 saturated heterocycles. The molecule has 4 heteroatoms. The monoisotopic (exact) mass is 290 g/mol. The molecule has 0 saturated carbocycles. The van der Waals surface area contributed by atoms with E-state index in [0.717, 1.165) is 25.4 Å². The van der Waals surface area contributed by atoms with Crippen molar-refractivity contribution >= 4 is 5.91 Å². The van der Waals surface area contributed by atoms with Crippen molar-refractivity contribution in [2.75, 3.05) is 19.6 Å². The molecule has 2 N–H and O–H groups in total. The van der Waals surface area contributed by atoms with Gasteiger partial charge in [-0.25, -0.2) is 0 Å². The number of rotatable bonds is 5. The van der Waals surface area contributed by atoms with Gasteiger partial charge in [-0.1, -0.05) is 32.9 Å². The van der Waals surface area contributed by atoms with E-state index >= 15 is 0 Å². The molecule has 1 aliphatic heterocycles. The highest BCUT2D eigenvalue weighted by molar-refractivity contribution is 5.80. The van der Waals surface area contributed by atoms with E-state index in [9.17, 15) is 4.79 Å². The molecule has 0 radical (unpaired) electrons. The minimum absolute atomic E-state index is 0.0539. The lowest BCUT2D eigenvalue weighted by molar-refractivity contribution is -0.127. The van der Waals surface area contributed by atoms with Crippen molar-refractivity contribution in [2.24, 2.45) is 5.92 Å². The smallest absolute Gasteiger partial charge is 0.260 e. The highest BCUT2D eigenvalue weighted by Crippen LogP contribution is 2.24. The Bertz CT molecular complexity index is 473. The second kappa shape index (κ2) is 6.48. The molecule has 4 nitrogen and oxygen atoms in total. The third kappa shape index (κ3) is 4.46. The summed E-state index contributed by atoms with van der Waals surface area (Å²) in [5.41, 5.74) is 1.38. The van der Waals surface area contributed by atoms with Crippen LogP contribution in [0.2, 0.25) is 0 Å². The van der Waals surface area contributed by atoms with Crippen LogP contribution in [-0.4, -0.2) is 31.6 Å². The predicted molar refractivity (Wildman–Crippen MR) is 84.6 cm³/mol. The molecule has 1 amide bonds. The topological polar surface area (TPSA) is 50.4 Å². The standard InChI is InChI=1S/C17H26N2O2/c1-12(16(20)19-11-13-9-18-10-13)21-15-7-5-14(6-8-15)17(2,3)4/h5-8,12-13,18H,9-11H2,1-4H3,(H,19,20). The van der Waals surface area contributed by atoms with Crippen molar-refractivity contribution in [1.29, 1.82) is 0 Å². The van der Waals surface area contributed by atoms with Crippen molar-refractivity contribution in [3.8, 4) is 5.75 Å². The molecular weight excluding hydrogens is 264 g/mol. The van der Waals surface area contributed by atoms with Crippen LogP contribution in [0.1, 0.15) is 33.3 Å². The second-order valence-electron chi connectivity index (χ2n) is 6.80. The summed E-state index contributed by atoms with van der Waals surface area (Å²) in [7, 11) is 0. The van der Waals surface area contributed by atoms with Crippen LogP contribution in [0, 0.1) is 5.92 Å². The van der Waals surface area contributed by atoms with Crippen LogP contribution in [0.15, 0.2) is 24.3 Å². The molecule has 0 aliphatic carbocycles. The van der Waals surface area contributed by atoms with Gasteiger partial charge in [0.15, 0.2) is 6.10 Å². The van der Waals surface area contributed by atoms with Gasteiger partial charge < -0.3 is 15.4 Å². The second-order valence-corrected chi connectivity index (χ2v) is 6.80. The SMILES string of the molecule is CC(Oc1ccc(C(C)(C)C)cc1)C(=O)NCC1CNC1. The molecule has 1 heterocycles. The number of amides is 1. The van der Waals surface area contributed by atoms with Crippen molar-refractivity contribution in [3.05, 3.63) is 29.8 Å². The van der Waals surface area contributed by atoms with Crippen molar-refractivity contribution in [2.45, 2.75) is 39.2 Å². The Labute approximate surface area is 127 Å². The van der Waals surface area contributed by atoms with E-state index in [1.807, 2.05) is 12.1 Å². The highest BCUT2D eigenvalue weighted by Gasteiger charge is 2.20. The summed E-state index contributed by atoms with van der Waals surface area (Å²) < 4.78 is 5.70. The third-order valence-electron chi connectivity index (χ3n) is 3.83. The number of carbonyl (C=O) groups excluding carboxylic acids is 1. The summed E-state index contributed by atoms with van der Waals surface area (Å²) in [5.74, 6) is 1.24. The molecule has 1 aromatic rings. The number of ether oxygens (including phenoxy) is 1. The van der Waals surface area contributed by atoms with Crippen LogP contribution in [-0.2, 0) is 10.2 Å². The molecule has 116 valence electrons. The first-order valence-electron chi connectivity index (χ1n) is 7.62. The Hall–Kier alpha value is -1.55. The molecular formula is C17H26N2O2. The van der Waals surface area contributed by atoms with E-state index in [-0.39, 0.29) is 11.3 Å². The zero-order chi connectivity index (χ0) is 15.5. The molecule has 2 rings (SSSR count). The van der Waals surface area contributed by atoms with E-state index in [2.05, 4.69) is 43.5 Å². The van der Waals surface area contributed by atoms with Crippen LogP contribution in [0.25, 0.3) is 0 Å². The highest BCUT2D eigenvalue weighted by atomic mass is 16.5. The molecule has 1 atom stereocenters. The fourth-order valence-corrected chi connectivity index (χ4v) is 2.17. The van der Waals surface area contributed by atoms with Crippen LogP contribution in [0.4, 0.5) is 0 Å². The van der Waals surface area contributed by atoms with Gasteiger partial charge >= 0.3 is 0 Å². The Morgan fingerprint density at radius 3 is 2.43 bits per heavy atom. The molecule has 1 aromatic carbocycles. The number of benzene rings is 1. The van der Waals surface area contributed by atoms with Gasteiger partial charge in [-0.3, -0.25) is 4.79 Å². The van der Waals surface area contributed by atoms with Gasteiger partial charge in [0.2, 0.25) is 0 Å². The number of nitrogens with one attached hydrogen (secondary N) is 2. The van der Waals surface area contributed by atoms with Gasteiger partial charge in [-0.05, 0) is 30.0 Å². The van der Waals surface area contributed by atoms with Gasteiger partial charge in [0.05, 0.1) is 0 Å². The molecule has 1 aliphatic rings. The van der Waals surface area contributed by atoms with Crippen LogP contribution in [0.5, 0.6) is 5.75 Å². The zero-order valence-electron chi connectivity index (χ0n) is 13.4. The van der Waals surface area contributed by atoms with E-state index in [1.54, 1.807) is 6.92 Å². The maximum atomic E-state index is 12.0. The maximum absolute atomic E-state index is 12.0. The first kappa shape index (κ1) is 15.8. The fourth-order valence-electron chi connectivity index (χ4n) is 2.17.